The smallest absolute Gasteiger partial charge is 0.339 e. The number of methoxy groups -OCH3 is 1. The minimum absolute atomic E-state index is 0.113. The molecule has 0 aromatic carbocycles. The van der Waals surface area contributed by atoms with Gasteiger partial charge in [-0.3, -0.25) is 9.59 Å². The molecule has 9 heteroatoms. The number of hydrogen-bond acceptors (Lipinski definition) is 8. The highest BCUT2D eigenvalue weighted by atomic mass is 16.5. The van der Waals surface area contributed by atoms with Crippen LogP contribution < -0.4 is 4.90 Å². The molecule has 0 aliphatic heterocycles. The van der Waals surface area contributed by atoms with Gasteiger partial charge in [0, 0.05) is 25.1 Å². The van der Waals surface area contributed by atoms with Crippen molar-refractivity contribution in [2.45, 2.75) is 26.9 Å². The molecule has 0 aliphatic rings. The molecule has 0 bridgehead atoms. The molecule has 1 N–H and O–H groups in total. The van der Waals surface area contributed by atoms with Crippen LogP contribution in [0.15, 0.2) is 18.5 Å². The van der Waals surface area contributed by atoms with Gasteiger partial charge in [0.1, 0.15) is 6.54 Å². The Balaban J connectivity index is 2.05. The zero-order valence-electron chi connectivity index (χ0n) is 15.9. The number of hydrogen-bond donors (Lipinski definition) is 1. The molecule has 0 aliphatic carbocycles. The summed E-state index contributed by atoms with van der Waals surface area (Å²) in [5.74, 6) is -1.20. The number of aromatic amines is 1. The Bertz CT molecular complexity index is 847. The van der Waals surface area contributed by atoms with E-state index in [1.165, 1.54) is 18.9 Å². The monoisotopic (exact) mass is 374 g/mol. The largest absolute Gasteiger partial charge is 0.465 e. The molecule has 27 heavy (non-hydrogen) atoms. The van der Waals surface area contributed by atoms with Crippen LogP contribution in [0.4, 0.5) is 5.95 Å². The molecule has 144 valence electrons. The van der Waals surface area contributed by atoms with Crippen LogP contribution in [0.5, 0.6) is 0 Å². The average Bonchev–Trinajstić information content (AvgIpc) is 2.95. The molecule has 2 aromatic heterocycles. The third-order valence-electron chi connectivity index (χ3n) is 4.01. The number of rotatable bonds is 7. The van der Waals surface area contributed by atoms with Gasteiger partial charge in [-0.05, 0) is 32.4 Å². The molecule has 9 nitrogen and oxygen atoms in total. The molecule has 2 heterocycles. The first kappa shape index (κ1) is 20.1. The van der Waals surface area contributed by atoms with Crippen LogP contribution in [-0.4, -0.2) is 59.5 Å². The zero-order valence-corrected chi connectivity index (χ0v) is 15.9. The van der Waals surface area contributed by atoms with Crippen LogP contribution in [-0.2, 0) is 14.3 Å². The summed E-state index contributed by atoms with van der Waals surface area (Å²) in [6, 6.07) is 1.67. The maximum Gasteiger partial charge on any atom is 0.339 e. The van der Waals surface area contributed by atoms with Gasteiger partial charge in [-0.25, -0.2) is 14.8 Å². The number of H-pyrrole nitrogens is 1. The number of ketones is 1. The fourth-order valence-electron chi connectivity index (χ4n) is 2.65. The summed E-state index contributed by atoms with van der Waals surface area (Å²) in [6.45, 7) is 4.67. The highest BCUT2D eigenvalue weighted by molar-refractivity contribution is 6.04. The third kappa shape index (κ3) is 4.49. The predicted octanol–water partition coefficient (Wildman–Crippen LogP) is 1.46. The van der Waals surface area contributed by atoms with E-state index in [0.717, 1.165) is 0 Å². The van der Waals surface area contributed by atoms with Crippen molar-refractivity contribution in [1.82, 2.24) is 15.0 Å². The van der Waals surface area contributed by atoms with E-state index in [2.05, 4.69) is 15.0 Å². The summed E-state index contributed by atoms with van der Waals surface area (Å²) in [5, 5.41) is 0. The maximum absolute atomic E-state index is 12.6. The fourth-order valence-corrected chi connectivity index (χ4v) is 2.65. The highest BCUT2D eigenvalue weighted by Gasteiger charge is 2.27. The van der Waals surface area contributed by atoms with E-state index in [1.54, 1.807) is 39.4 Å². The summed E-state index contributed by atoms with van der Waals surface area (Å²) in [7, 11) is 2.91. The molecular weight excluding hydrogens is 352 g/mol. The lowest BCUT2D eigenvalue weighted by atomic mass is 10.1. The number of anilines is 1. The van der Waals surface area contributed by atoms with Crippen LogP contribution in [0.25, 0.3) is 0 Å². The van der Waals surface area contributed by atoms with Gasteiger partial charge in [0.05, 0.1) is 18.4 Å². The summed E-state index contributed by atoms with van der Waals surface area (Å²) < 4.78 is 9.96. The molecule has 1 atom stereocenters. The van der Waals surface area contributed by atoms with E-state index in [4.69, 9.17) is 9.47 Å². The quantitative estimate of drug-likeness (QED) is 0.572. The average molecular weight is 374 g/mol. The first-order valence-corrected chi connectivity index (χ1v) is 8.25. The Morgan fingerprint density at radius 3 is 2.44 bits per heavy atom. The Kier molecular flexibility index (Phi) is 6.27. The van der Waals surface area contributed by atoms with Crippen molar-refractivity contribution in [1.29, 1.82) is 0 Å². The van der Waals surface area contributed by atoms with E-state index in [0.29, 0.717) is 22.8 Å². The summed E-state index contributed by atoms with van der Waals surface area (Å²) in [5.41, 5.74) is 1.50. The van der Waals surface area contributed by atoms with Crippen molar-refractivity contribution in [3.05, 3.63) is 41.0 Å². The number of esters is 2. The Morgan fingerprint density at radius 2 is 1.85 bits per heavy atom. The summed E-state index contributed by atoms with van der Waals surface area (Å²) in [4.78, 5) is 49.1. The molecular formula is C18H22N4O5. The lowest BCUT2D eigenvalue weighted by molar-refractivity contribution is -0.144. The summed E-state index contributed by atoms with van der Waals surface area (Å²) in [6.07, 6.45) is 2.10. The Hall–Kier alpha value is -3.23. The number of ether oxygens (including phenoxy) is 2. The van der Waals surface area contributed by atoms with Crippen LogP contribution in [0, 0.1) is 13.8 Å². The number of carbonyl (C=O) groups excluding carboxylic acids is 3. The van der Waals surface area contributed by atoms with Crippen LogP contribution in [0.3, 0.4) is 0 Å². The molecule has 2 aromatic rings. The van der Waals surface area contributed by atoms with Gasteiger partial charge in [-0.2, -0.15) is 0 Å². The standard InChI is InChI=1S/C18H22N4O5/c1-10-14(17(25)26-5)11(2)21-15(10)16(24)12(3)27-13(23)9-22(4)18-19-7-6-8-20-18/h6-8,12,21H,9H2,1-5H3. The van der Waals surface area contributed by atoms with Crippen LogP contribution in [0.2, 0.25) is 0 Å². The Labute approximate surface area is 156 Å². The van der Waals surface area contributed by atoms with Crippen molar-refractivity contribution in [2.24, 2.45) is 0 Å². The van der Waals surface area contributed by atoms with Gasteiger partial charge in [-0.1, -0.05) is 0 Å². The zero-order chi connectivity index (χ0) is 20.1. The normalized spacial score (nSPS) is 11.6. The van der Waals surface area contributed by atoms with Gasteiger partial charge < -0.3 is 19.4 Å². The number of Topliss-reactive ketones (excluding diaryl/α,β-unsaturated/α-hetero) is 1. The van der Waals surface area contributed by atoms with Gasteiger partial charge in [-0.15, -0.1) is 0 Å². The number of aromatic nitrogens is 3. The first-order chi connectivity index (χ1) is 12.8. The summed E-state index contributed by atoms with van der Waals surface area (Å²) >= 11 is 0. The lowest BCUT2D eigenvalue weighted by Gasteiger charge is -2.17. The van der Waals surface area contributed by atoms with E-state index in [1.807, 2.05) is 0 Å². The van der Waals surface area contributed by atoms with Crippen molar-refractivity contribution in [2.75, 3.05) is 25.6 Å². The van der Waals surface area contributed by atoms with Crippen molar-refractivity contribution >= 4 is 23.7 Å². The fraction of sp³-hybridized carbons (Fsp3) is 0.389. The molecule has 0 saturated heterocycles. The van der Waals surface area contributed by atoms with Crippen molar-refractivity contribution in [3.8, 4) is 0 Å². The Morgan fingerprint density at radius 1 is 1.22 bits per heavy atom. The number of carbonyl (C=O) groups is 3. The highest BCUT2D eigenvalue weighted by Crippen LogP contribution is 2.20. The minimum atomic E-state index is -1.02. The third-order valence-corrected chi connectivity index (χ3v) is 4.01. The SMILES string of the molecule is COC(=O)c1c(C)[nH]c(C(=O)C(C)OC(=O)CN(C)c2ncccn2)c1C. The molecule has 0 spiro atoms. The van der Waals surface area contributed by atoms with Gasteiger partial charge in [0.15, 0.2) is 6.10 Å². The van der Waals surface area contributed by atoms with E-state index in [-0.39, 0.29) is 12.2 Å². The number of nitrogens with zero attached hydrogens (tertiary/aromatic N) is 3. The van der Waals surface area contributed by atoms with Crippen LogP contribution in [0.1, 0.15) is 39.0 Å². The molecule has 1 unspecified atom stereocenters. The number of likely N-dealkylation sites (N-methyl/N-ethyl adjacent to an activating group) is 1. The van der Waals surface area contributed by atoms with Gasteiger partial charge in [0.25, 0.3) is 0 Å². The molecule has 2 rings (SSSR count). The number of aryl methyl sites for hydroxylation is 1. The topological polar surface area (TPSA) is 114 Å². The van der Waals surface area contributed by atoms with Crippen molar-refractivity contribution < 1.29 is 23.9 Å². The van der Waals surface area contributed by atoms with E-state index in [9.17, 15) is 14.4 Å². The van der Waals surface area contributed by atoms with E-state index < -0.39 is 23.8 Å². The lowest BCUT2D eigenvalue weighted by Crippen LogP contribution is -2.33. The second kappa shape index (κ2) is 8.43. The second-order valence-electron chi connectivity index (χ2n) is 6.02. The predicted molar refractivity (Wildman–Crippen MR) is 96.8 cm³/mol. The minimum Gasteiger partial charge on any atom is -0.465 e. The number of nitrogens with one attached hydrogen (secondary N) is 1. The molecule has 0 radical (unpaired) electrons. The van der Waals surface area contributed by atoms with E-state index >= 15 is 0 Å². The van der Waals surface area contributed by atoms with Gasteiger partial charge >= 0.3 is 11.9 Å². The first-order valence-electron chi connectivity index (χ1n) is 8.25. The molecule has 0 amide bonds. The molecule has 0 fully saturated rings. The maximum atomic E-state index is 12.6. The van der Waals surface area contributed by atoms with Crippen LogP contribution >= 0.6 is 0 Å². The molecule has 0 saturated carbocycles. The van der Waals surface area contributed by atoms with Crippen molar-refractivity contribution in [3.63, 3.8) is 0 Å². The van der Waals surface area contributed by atoms with Gasteiger partial charge in [0.2, 0.25) is 11.7 Å². The second-order valence-corrected chi connectivity index (χ2v) is 6.02.